The Morgan fingerprint density at radius 2 is 2.00 bits per heavy atom. The molecule has 1 N–H and O–H groups in total. The fourth-order valence-electron chi connectivity index (χ4n) is 1.29. The van der Waals surface area contributed by atoms with Crippen molar-refractivity contribution >= 4 is 11.9 Å². The fraction of sp³-hybridized carbons (Fsp3) is 0.818. The normalized spacial score (nSPS) is 10.6. The summed E-state index contributed by atoms with van der Waals surface area (Å²) in [6.07, 6.45) is 1.10. The molecule has 0 aliphatic heterocycles. The molecule has 0 bridgehead atoms. The molecule has 5 nitrogen and oxygen atoms in total. The van der Waals surface area contributed by atoms with Crippen LogP contribution >= 0.6 is 0 Å². The van der Waals surface area contributed by atoms with Gasteiger partial charge in [0.05, 0.1) is 13.7 Å². The third-order valence-corrected chi connectivity index (χ3v) is 2.01. The van der Waals surface area contributed by atoms with Crippen LogP contribution in [0.15, 0.2) is 0 Å². The Morgan fingerprint density at radius 1 is 1.38 bits per heavy atom. The Hall–Kier alpha value is -1.10. The molecule has 0 saturated heterocycles. The molecule has 0 aromatic heterocycles. The van der Waals surface area contributed by atoms with Crippen LogP contribution in [0.5, 0.6) is 0 Å². The van der Waals surface area contributed by atoms with E-state index in [2.05, 4.69) is 10.1 Å². The maximum atomic E-state index is 11.4. The number of nitrogens with one attached hydrogen (secondary N) is 1. The van der Waals surface area contributed by atoms with Gasteiger partial charge in [0, 0.05) is 12.5 Å². The van der Waals surface area contributed by atoms with Crippen molar-refractivity contribution in [1.82, 2.24) is 10.2 Å². The van der Waals surface area contributed by atoms with Gasteiger partial charge in [0.2, 0.25) is 5.91 Å². The van der Waals surface area contributed by atoms with Crippen LogP contribution in [0.2, 0.25) is 0 Å². The maximum absolute atomic E-state index is 11.4. The molecule has 0 radical (unpaired) electrons. The standard InChI is InChI=1S/C11H22N2O3/c1-9(2)12-10(14)8-13(3)7-5-6-11(15)16-4/h9H,5-8H2,1-4H3,(H,12,14). The second-order valence-electron chi connectivity index (χ2n) is 4.14. The Morgan fingerprint density at radius 3 is 2.50 bits per heavy atom. The highest BCUT2D eigenvalue weighted by Gasteiger charge is 2.08. The van der Waals surface area contributed by atoms with Crippen molar-refractivity contribution in [3.8, 4) is 0 Å². The summed E-state index contributed by atoms with van der Waals surface area (Å²) < 4.78 is 4.53. The second kappa shape index (κ2) is 8.10. The van der Waals surface area contributed by atoms with E-state index >= 15 is 0 Å². The van der Waals surface area contributed by atoms with Crippen molar-refractivity contribution < 1.29 is 14.3 Å². The zero-order chi connectivity index (χ0) is 12.6. The summed E-state index contributed by atoms with van der Waals surface area (Å²) in [4.78, 5) is 24.1. The van der Waals surface area contributed by atoms with Gasteiger partial charge in [-0.05, 0) is 33.9 Å². The molecule has 0 rings (SSSR count). The molecule has 0 aromatic rings. The van der Waals surface area contributed by atoms with Crippen molar-refractivity contribution in [1.29, 1.82) is 0 Å². The number of methoxy groups -OCH3 is 1. The zero-order valence-corrected chi connectivity index (χ0v) is 10.6. The number of carbonyl (C=O) groups is 2. The number of hydrogen-bond acceptors (Lipinski definition) is 4. The Bertz CT molecular complexity index is 229. The van der Waals surface area contributed by atoms with E-state index in [9.17, 15) is 9.59 Å². The predicted molar refractivity (Wildman–Crippen MR) is 62.0 cm³/mol. The number of rotatable bonds is 7. The first-order chi connectivity index (χ1) is 7.45. The van der Waals surface area contributed by atoms with Gasteiger partial charge in [-0.25, -0.2) is 0 Å². The number of esters is 1. The lowest BCUT2D eigenvalue weighted by Crippen LogP contribution is -2.38. The van der Waals surface area contributed by atoms with Crippen molar-refractivity contribution in [2.45, 2.75) is 32.7 Å². The van der Waals surface area contributed by atoms with Gasteiger partial charge in [-0.15, -0.1) is 0 Å². The van der Waals surface area contributed by atoms with E-state index in [0.717, 1.165) is 0 Å². The second-order valence-corrected chi connectivity index (χ2v) is 4.14. The molecule has 0 aliphatic carbocycles. The van der Waals surface area contributed by atoms with Crippen molar-refractivity contribution in [2.24, 2.45) is 0 Å². The summed E-state index contributed by atoms with van der Waals surface area (Å²) in [5.74, 6) is -0.199. The summed E-state index contributed by atoms with van der Waals surface area (Å²) in [5.41, 5.74) is 0. The molecule has 0 spiro atoms. The van der Waals surface area contributed by atoms with Gasteiger partial charge >= 0.3 is 5.97 Å². The first-order valence-electron chi connectivity index (χ1n) is 5.50. The minimum atomic E-state index is -0.208. The maximum Gasteiger partial charge on any atom is 0.305 e. The van der Waals surface area contributed by atoms with Crippen molar-refractivity contribution in [3.05, 3.63) is 0 Å². The Kier molecular flexibility index (Phi) is 7.54. The minimum Gasteiger partial charge on any atom is -0.469 e. The first-order valence-corrected chi connectivity index (χ1v) is 5.50. The third-order valence-electron chi connectivity index (χ3n) is 2.01. The van der Waals surface area contributed by atoms with Crippen LogP contribution < -0.4 is 5.32 Å². The lowest BCUT2D eigenvalue weighted by molar-refractivity contribution is -0.140. The highest BCUT2D eigenvalue weighted by molar-refractivity contribution is 5.78. The van der Waals surface area contributed by atoms with Crippen molar-refractivity contribution in [3.63, 3.8) is 0 Å². The van der Waals surface area contributed by atoms with E-state index in [-0.39, 0.29) is 17.9 Å². The summed E-state index contributed by atoms with van der Waals surface area (Å²) in [6.45, 7) is 4.92. The summed E-state index contributed by atoms with van der Waals surface area (Å²) in [5, 5.41) is 2.81. The lowest BCUT2D eigenvalue weighted by atomic mass is 10.3. The monoisotopic (exact) mass is 230 g/mol. The average molecular weight is 230 g/mol. The molecule has 0 unspecified atom stereocenters. The van der Waals surface area contributed by atoms with Gasteiger partial charge in [-0.3, -0.25) is 14.5 Å². The van der Waals surface area contributed by atoms with Gasteiger partial charge in [-0.2, -0.15) is 0 Å². The molecular weight excluding hydrogens is 208 g/mol. The van der Waals surface area contributed by atoms with Gasteiger partial charge in [0.25, 0.3) is 0 Å². The van der Waals surface area contributed by atoms with E-state index in [0.29, 0.717) is 25.9 Å². The third kappa shape index (κ3) is 8.23. The van der Waals surface area contributed by atoms with Crippen LogP contribution in [0.1, 0.15) is 26.7 Å². The van der Waals surface area contributed by atoms with Crippen LogP contribution in [0.25, 0.3) is 0 Å². The lowest BCUT2D eigenvalue weighted by Gasteiger charge is -2.16. The smallest absolute Gasteiger partial charge is 0.305 e. The average Bonchev–Trinajstić information content (AvgIpc) is 2.15. The molecule has 1 amide bonds. The van der Waals surface area contributed by atoms with Gasteiger partial charge < -0.3 is 10.1 Å². The zero-order valence-electron chi connectivity index (χ0n) is 10.6. The quantitative estimate of drug-likeness (QED) is 0.643. The van der Waals surface area contributed by atoms with Crippen LogP contribution in [0.4, 0.5) is 0 Å². The fourth-order valence-corrected chi connectivity index (χ4v) is 1.29. The first kappa shape index (κ1) is 14.9. The van der Waals surface area contributed by atoms with Gasteiger partial charge in [0.15, 0.2) is 0 Å². The summed E-state index contributed by atoms with van der Waals surface area (Å²) in [6, 6.07) is 0.163. The van der Waals surface area contributed by atoms with E-state index in [4.69, 9.17) is 0 Å². The van der Waals surface area contributed by atoms with E-state index in [1.807, 2.05) is 25.8 Å². The summed E-state index contributed by atoms with van der Waals surface area (Å²) >= 11 is 0. The topological polar surface area (TPSA) is 58.6 Å². The van der Waals surface area contributed by atoms with E-state index < -0.39 is 0 Å². The molecular formula is C11H22N2O3. The highest BCUT2D eigenvalue weighted by atomic mass is 16.5. The Labute approximate surface area is 97.1 Å². The number of amides is 1. The van der Waals surface area contributed by atoms with Crippen LogP contribution in [-0.2, 0) is 14.3 Å². The van der Waals surface area contributed by atoms with Crippen molar-refractivity contribution in [2.75, 3.05) is 27.2 Å². The van der Waals surface area contributed by atoms with E-state index in [1.165, 1.54) is 7.11 Å². The SMILES string of the molecule is COC(=O)CCCN(C)CC(=O)NC(C)C. The molecule has 0 fully saturated rings. The molecule has 5 heteroatoms. The number of hydrogen-bond donors (Lipinski definition) is 1. The molecule has 16 heavy (non-hydrogen) atoms. The minimum absolute atomic E-state index is 0.00979. The van der Waals surface area contributed by atoms with Crippen LogP contribution in [0.3, 0.4) is 0 Å². The molecule has 0 heterocycles. The van der Waals surface area contributed by atoms with Gasteiger partial charge in [0.1, 0.15) is 0 Å². The molecule has 0 aromatic carbocycles. The van der Waals surface area contributed by atoms with Crippen LogP contribution in [0, 0.1) is 0 Å². The number of likely N-dealkylation sites (N-methyl/N-ethyl adjacent to an activating group) is 1. The molecule has 0 atom stereocenters. The van der Waals surface area contributed by atoms with E-state index in [1.54, 1.807) is 0 Å². The van der Waals surface area contributed by atoms with Crippen LogP contribution in [-0.4, -0.2) is 50.1 Å². The molecule has 94 valence electrons. The number of carbonyl (C=O) groups excluding carboxylic acids is 2. The number of nitrogens with zero attached hydrogens (tertiary/aromatic N) is 1. The Balaban J connectivity index is 3.61. The number of ether oxygens (including phenoxy) is 1. The van der Waals surface area contributed by atoms with Gasteiger partial charge in [-0.1, -0.05) is 0 Å². The molecule has 0 aliphatic rings. The molecule has 0 saturated carbocycles. The summed E-state index contributed by atoms with van der Waals surface area (Å²) in [7, 11) is 3.24. The predicted octanol–water partition coefficient (Wildman–Crippen LogP) is 0.396. The largest absolute Gasteiger partial charge is 0.469 e. The highest BCUT2D eigenvalue weighted by Crippen LogP contribution is 1.94.